The molecule has 1 aliphatic heterocycles. The van der Waals surface area contributed by atoms with Gasteiger partial charge in [0, 0.05) is 10.6 Å². The van der Waals surface area contributed by atoms with Gasteiger partial charge in [-0.2, -0.15) is 13.2 Å². The van der Waals surface area contributed by atoms with Crippen molar-refractivity contribution in [2.45, 2.75) is 31.3 Å². The highest BCUT2D eigenvalue weighted by Crippen LogP contribution is 2.44. The van der Waals surface area contributed by atoms with Crippen LogP contribution < -0.4 is 15.4 Å². The number of ketones is 1. The Labute approximate surface area is 181 Å². The predicted octanol–water partition coefficient (Wildman–Crippen LogP) is 4.23. The summed E-state index contributed by atoms with van der Waals surface area (Å²) in [5, 5.41) is 14.7. The number of hydrogen-bond donors (Lipinski definition) is 3. The van der Waals surface area contributed by atoms with E-state index >= 15 is 0 Å². The van der Waals surface area contributed by atoms with E-state index in [-0.39, 0.29) is 16.1 Å². The summed E-state index contributed by atoms with van der Waals surface area (Å²) < 4.78 is 47.1. The van der Waals surface area contributed by atoms with Gasteiger partial charge < -0.3 is 20.5 Å². The van der Waals surface area contributed by atoms with Crippen LogP contribution in [0.2, 0.25) is 5.02 Å². The van der Waals surface area contributed by atoms with Crippen LogP contribution in [0.15, 0.2) is 48.5 Å². The Balaban J connectivity index is 2.06. The molecular formula is C21H20ClF3N2O4. The van der Waals surface area contributed by atoms with Crippen LogP contribution in [0.4, 0.5) is 18.0 Å². The molecule has 0 bridgehead atoms. The molecule has 1 aliphatic rings. The van der Waals surface area contributed by atoms with Crippen LogP contribution in [0.3, 0.4) is 0 Å². The Bertz CT molecular complexity index is 951. The van der Waals surface area contributed by atoms with Gasteiger partial charge in [-0.05, 0) is 48.4 Å². The molecule has 3 atom stereocenters. The number of carbonyl (C=O) groups excluding carboxylic acids is 2. The van der Waals surface area contributed by atoms with Gasteiger partial charge in [0.15, 0.2) is 5.78 Å². The van der Waals surface area contributed by atoms with E-state index in [0.29, 0.717) is 12.4 Å². The van der Waals surface area contributed by atoms with Crippen LogP contribution in [0.5, 0.6) is 5.75 Å². The molecule has 2 amide bonds. The zero-order valence-electron chi connectivity index (χ0n) is 16.4. The fourth-order valence-corrected chi connectivity index (χ4v) is 3.53. The highest BCUT2D eigenvalue weighted by molar-refractivity contribution is 6.30. The van der Waals surface area contributed by atoms with Gasteiger partial charge in [-0.15, -0.1) is 0 Å². The third-order valence-electron chi connectivity index (χ3n) is 4.93. The molecule has 2 aromatic rings. The summed E-state index contributed by atoms with van der Waals surface area (Å²) in [4.78, 5) is 25.2. The average Bonchev–Trinajstić information content (AvgIpc) is 2.71. The number of alkyl halides is 3. The van der Waals surface area contributed by atoms with Gasteiger partial charge in [-0.1, -0.05) is 30.7 Å². The normalized spacial score (nSPS) is 23.6. The third kappa shape index (κ3) is 4.62. The lowest BCUT2D eigenvalue weighted by atomic mass is 9.77. The van der Waals surface area contributed by atoms with Crippen molar-refractivity contribution in [1.29, 1.82) is 0 Å². The maximum atomic E-state index is 13.9. The Morgan fingerprint density at radius 1 is 1.16 bits per heavy atom. The number of Topliss-reactive ketones (excluding diaryl/α,β-unsaturated/α-hetero) is 1. The summed E-state index contributed by atoms with van der Waals surface area (Å²) in [7, 11) is 0. The predicted molar refractivity (Wildman–Crippen MR) is 107 cm³/mol. The minimum absolute atomic E-state index is 0.0945. The number of carbonyl (C=O) groups is 2. The van der Waals surface area contributed by atoms with Crippen molar-refractivity contribution in [1.82, 2.24) is 10.6 Å². The highest BCUT2D eigenvalue weighted by atomic mass is 35.5. The summed E-state index contributed by atoms with van der Waals surface area (Å²) in [6, 6.07) is 8.45. The van der Waals surface area contributed by atoms with Gasteiger partial charge in [0.05, 0.1) is 12.6 Å². The minimum atomic E-state index is -5.32. The number of hydrogen-bond acceptors (Lipinski definition) is 4. The van der Waals surface area contributed by atoms with Gasteiger partial charge in [0.1, 0.15) is 11.7 Å². The molecule has 0 aromatic heterocycles. The largest absolute Gasteiger partial charge is 0.494 e. The van der Waals surface area contributed by atoms with Crippen LogP contribution in [0.25, 0.3) is 0 Å². The second-order valence-corrected chi connectivity index (χ2v) is 7.54. The first-order chi connectivity index (χ1) is 14.6. The van der Waals surface area contributed by atoms with Gasteiger partial charge >= 0.3 is 12.2 Å². The second-order valence-electron chi connectivity index (χ2n) is 7.11. The van der Waals surface area contributed by atoms with Crippen LogP contribution in [-0.2, 0) is 0 Å². The lowest BCUT2D eigenvalue weighted by Crippen LogP contribution is -2.72. The number of aliphatic hydroxyl groups is 1. The first-order valence-electron chi connectivity index (χ1n) is 9.47. The number of ether oxygens (including phenoxy) is 1. The fourth-order valence-electron chi connectivity index (χ4n) is 3.40. The topological polar surface area (TPSA) is 87.7 Å². The summed E-state index contributed by atoms with van der Waals surface area (Å²) in [5.41, 5.74) is -3.68. The lowest BCUT2D eigenvalue weighted by Gasteiger charge is -2.45. The van der Waals surface area contributed by atoms with Crippen LogP contribution in [0.1, 0.15) is 35.3 Å². The monoisotopic (exact) mass is 456 g/mol. The van der Waals surface area contributed by atoms with E-state index < -0.39 is 35.7 Å². The van der Waals surface area contributed by atoms with Gasteiger partial charge in [0.2, 0.25) is 5.72 Å². The molecule has 0 spiro atoms. The molecule has 0 saturated carbocycles. The van der Waals surface area contributed by atoms with Crippen molar-refractivity contribution in [3.8, 4) is 5.75 Å². The van der Waals surface area contributed by atoms with Crippen molar-refractivity contribution in [2.24, 2.45) is 5.92 Å². The van der Waals surface area contributed by atoms with E-state index in [1.807, 2.05) is 6.92 Å². The molecule has 1 saturated heterocycles. The van der Waals surface area contributed by atoms with E-state index in [1.54, 1.807) is 0 Å². The average molecular weight is 457 g/mol. The van der Waals surface area contributed by atoms with Crippen molar-refractivity contribution in [3.05, 3.63) is 64.7 Å². The number of rotatable bonds is 6. The smallest absolute Gasteiger partial charge is 0.437 e. The zero-order valence-corrected chi connectivity index (χ0v) is 17.1. The Morgan fingerprint density at radius 3 is 2.32 bits per heavy atom. The Kier molecular flexibility index (Phi) is 6.47. The summed E-state index contributed by atoms with van der Waals surface area (Å²) in [6.45, 7) is 2.37. The van der Waals surface area contributed by atoms with Crippen molar-refractivity contribution >= 4 is 23.4 Å². The summed E-state index contributed by atoms with van der Waals surface area (Å²) in [5.74, 6) is -2.63. The van der Waals surface area contributed by atoms with E-state index in [1.165, 1.54) is 53.8 Å². The molecule has 10 heteroatoms. The third-order valence-corrected chi connectivity index (χ3v) is 5.18. The minimum Gasteiger partial charge on any atom is -0.494 e. The number of urea groups is 1. The summed E-state index contributed by atoms with van der Waals surface area (Å²) in [6.07, 6.45) is -4.55. The second kappa shape index (κ2) is 8.76. The number of nitrogens with one attached hydrogen (secondary N) is 2. The van der Waals surface area contributed by atoms with E-state index in [4.69, 9.17) is 16.3 Å². The molecule has 0 radical (unpaired) electrons. The molecule has 3 rings (SSSR count). The maximum absolute atomic E-state index is 13.9. The van der Waals surface area contributed by atoms with E-state index in [2.05, 4.69) is 5.32 Å². The fraction of sp³-hybridized carbons (Fsp3) is 0.333. The first kappa shape index (κ1) is 22.9. The summed E-state index contributed by atoms with van der Waals surface area (Å²) >= 11 is 5.80. The van der Waals surface area contributed by atoms with Crippen molar-refractivity contribution < 1.29 is 32.6 Å². The Morgan fingerprint density at radius 2 is 1.77 bits per heavy atom. The van der Waals surface area contributed by atoms with Crippen molar-refractivity contribution in [3.63, 3.8) is 0 Å². The van der Waals surface area contributed by atoms with E-state index in [0.717, 1.165) is 6.42 Å². The number of halogens is 4. The van der Waals surface area contributed by atoms with Crippen LogP contribution in [-0.4, -0.2) is 35.4 Å². The van der Waals surface area contributed by atoms with Crippen molar-refractivity contribution in [2.75, 3.05) is 6.61 Å². The molecule has 6 nitrogen and oxygen atoms in total. The van der Waals surface area contributed by atoms with E-state index in [9.17, 15) is 27.9 Å². The first-order valence-corrected chi connectivity index (χ1v) is 9.85. The number of benzene rings is 2. The maximum Gasteiger partial charge on any atom is 0.437 e. The number of amides is 2. The molecular weight excluding hydrogens is 437 g/mol. The standard InChI is InChI=1S/C21H20ClF3N2O4/c1-2-11-31-15-9-5-12(6-10-15)17-16(18(28)13-3-7-14(22)8-4-13)20(30,21(23,24)25)27-19(29)26-17/h3-10,16-17,30H,2,11H2,1H3,(H2,26,27,29). The zero-order chi connectivity index (χ0) is 22.8. The molecule has 0 aliphatic carbocycles. The molecule has 1 heterocycles. The van der Waals surface area contributed by atoms with Crippen LogP contribution >= 0.6 is 11.6 Å². The molecule has 166 valence electrons. The Hall–Kier alpha value is -2.78. The molecule has 3 N–H and O–H groups in total. The quantitative estimate of drug-likeness (QED) is 0.568. The SMILES string of the molecule is CCCOc1ccc(C2NC(=O)NC(O)(C(F)(F)F)C2C(=O)c2ccc(Cl)cc2)cc1. The molecule has 2 aromatic carbocycles. The lowest BCUT2D eigenvalue weighted by molar-refractivity contribution is -0.287. The highest BCUT2D eigenvalue weighted by Gasteiger charge is 2.66. The van der Waals surface area contributed by atoms with Gasteiger partial charge in [-0.25, -0.2) is 4.79 Å². The molecule has 3 unspecified atom stereocenters. The van der Waals surface area contributed by atoms with Gasteiger partial charge in [-0.3, -0.25) is 4.79 Å². The van der Waals surface area contributed by atoms with Crippen LogP contribution in [0, 0.1) is 5.92 Å². The molecule has 31 heavy (non-hydrogen) atoms. The molecule has 1 fully saturated rings. The van der Waals surface area contributed by atoms with Gasteiger partial charge in [0.25, 0.3) is 0 Å².